The molecular weight excluding hydrogens is 689 g/mol. The number of nitrogens with zero attached hydrogens (tertiary/aromatic N) is 4. The van der Waals surface area contributed by atoms with Crippen molar-refractivity contribution in [3.05, 3.63) is 194 Å². The number of thiophene rings is 1. The summed E-state index contributed by atoms with van der Waals surface area (Å²) in [4.78, 5) is 14.8. The van der Waals surface area contributed by atoms with Crippen molar-refractivity contribution in [1.29, 1.82) is 0 Å². The van der Waals surface area contributed by atoms with Gasteiger partial charge in [0.05, 0.1) is 11.0 Å². The molecule has 0 fully saturated rings. The minimum absolute atomic E-state index is 1.00. The van der Waals surface area contributed by atoms with E-state index in [-0.39, 0.29) is 0 Å². The summed E-state index contributed by atoms with van der Waals surface area (Å²) in [6.45, 7) is 0. The van der Waals surface area contributed by atoms with Gasteiger partial charge in [0.15, 0.2) is 0 Å². The summed E-state index contributed by atoms with van der Waals surface area (Å²) < 4.78 is 2.53. The maximum atomic E-state index is 5.09. The molecule has 0 aliphatic heterocycles. The molecule has 0 atom stereocenters. The Labute approximate surface area is 321 Å². The molecule has 11 rings (SSSR count). The molecule has 258 valence electrons. The van der Waals surface area contributed by atoms with Gasteiger partial charge >= 0.3 is 0 Å². The molecule has 8 aromatic carbocycles. The summed E-state index contributed by atoms with van der Waals surface area (Å²) in [7, 11) is 0. The summed E-state index contributed by atoms with van der Waals surface area (Å²) in [5.41, 5.74) is 8.61. The molecule has 4 nitrogen and oxygen atoms in total. The topological polar surface area (TPSA) is 32.3 Å². The number of anilines is 6. The van der Waals surface area contributed by atoms with Crippen LogP contribution in [-0.4, -0.2) is 9.97 Å². The third-order valence-electron chi connectivity index (χ3n) is 10.6. The van der Waals surface area contributed by atoms with Gasteiger partial charge in [-0.3, -0.25) is 9.97 Å². The number of fused-ring (bicyclic) bond motifs is 13. The lowest BCUT2D eigenvalue weighted by atomic mass is 9.95. The zero-order chi connectivity index (χ0) is 36.3. The van der Waals surface area contributed by atoms with Crippen LogP contribution >= 0.6 is 11.3 Å². The fraction of sp³-hybridized carbons (Fsp3) is 0. The number of hydrogen-bond donors (Lipinski definition) is 0. The quantitative estimate of drug-likeness (QED) is 0.160. The number of hydrogen-bond acceptors (Lipinski definition) is 5. The Hall–Kier alpha value is -7.08. The van der Waals surface area contributed by atoms with Crippen LogP contribution in [-0.2, 0) is 0 Å². The molecule has 0 aliphatic rings. The molecule has 0 saturated carbocycles. The van der Waals surface area contributed by atoms with Crippen LogP contribution in [0.5, 0.6) is 0 Å². The zero-order valence-corrected chi connectivity index (χ0v) is 30.5. The van der Waals surface area contributed by atoms with Crippen molar-refractivity contribution in [1.82, 2.24) is 9.97 Å². The molecule has 0 N–H and O–H groups in total. The van der Waals surface area contributed by atoms with Gasteiger partial charge < -0.3 is 9.80 Å². The van der Waals surface area contributed by atoms with Crippen molar-refractivity contribution in [3.8, 4) is 0 Å². The normalized spacial score (nSPS) is 11.6. The first-order chi connectivity index (χ1) is 27.3. The predicted molar refractivity (Wildman–Crippen MR) is 234 cm³/mol. The highest BCUT2D eigenvalue weighted by atomic mass is 32.1. The molecule has 11 aromatic rings. The average molecular weight is 721 g/mol. The van der Waals surface area contributed by atoms with E-state index in [9.17, 15) is 0 Å². The molecule has 55 heavy (non-hydrogen) atoms. The van der Waals surface area contributed by atoms with Crippen molar-refractivity contribution in [2.24, 2.45) is 0 Å². The second-order valence-electron chi connectivity index (χ2n) is 13.8. The number of benzene rings is 8. The van der Waals surface area contributed by atoms with E-state index in [1.807, 2.05) is 23.7 Å². The van der Waals surface area contributed by atoms with Gasteiger partial charge in [-0.2, -0.15) is 0 Å². The highest BCUT2D eigenvalue weighted by molar-refractivity contribution is 7.28. The van der Waals surface area contributed by atoms with Gasteiger partial charge in [0.2, 0.25) is 0 Å². The lowest BCUT2D eigenvalue weighted by Crippen LogP contribution is -2.09. The van der Waals surface area contributed by atoms with Gasteiger partial charge in [0.25, 0.3) is 0 Å². The van der Waals surface area contributed by atoms with Crippen molar-refractivity contribution in [2.45, 2.75) is 0 Å². The fourth-order valence-corrected chi connectivity index (χ4v) is 9.71. The third kappa shape index (κ3) is 5.05. The second kappa shape index (κ2) is 12.8. The van der Waals surface area contributed by atoms with Gasteiger partial charge in [-0.15, -0.1) is 11.3 Å². The van der Waals surface area contributed by atoms with Crippen LogP contribution in [0.1, 0.15) is 0 Å². The van der Waals surface area contributed by atoms with Crippen LogP contribution in [0.2, 0.25) is 0 Å². The Morgan fingerprint density at radius 3 is 1.04 bits per heavy atom. The van der Waals surface area contributed by atoms with Crippen LogP contribution in [0.15, 0.2) is 194 Å². The molecular formula is C50H32N4S. The highest BCUT2D eigenvalue weighted by Crippen LogP contribution is 2.50. The van der Waals surface area contributed by atoms with Gasteiger partial charge in [0.1, 0.15) is 0 Å². The molecule has 0 amide bonds. The van der Waals surface area contributed by atoms with Crippen LogP contribution in [0.4, 0.5) is 34.1 Å². The van der Waals surface area contributed by atoms with Gasteiger partial charge in [0, 0.05) is 99.0 Å². The monoisotopic (exact) mass is 720 g/mol. The lowest BCUT2D eigenvalue weighted by molar-refractivity contribution is 1.29. The summed E-state index contributed by atoms with van der Waals surface area (Å²) in [6, 6.07) is 64.7. The number of pyridine rings is 2. The van der Waals surface area contributed by atoms with Crippen molar-refractivity contribution >= 4 is 109 Å². The largest absolute Gasteiger partial charge is 0.310 e. The zero-order valence-electron chi connectivity index (χ0n) is 29.7. The maximum absolute atomic E-state index is 5.09. The summed E-state index contributed by atoms with van der Waals surface area (Å²) >= 11 is 1.88. The Bertz CT molecular complexity index is 2910. The SMILES string of the molecule is c1ccc(N(c2ccccc2)c2ccc3c(c2)c2ncccc2c2c3sc3c4ccc(N(c5ccccc5)c5ccccc5)cc4c4ncccc4c32)cc1. The molecule has 3 heterocycles. The van der Waals surface area contributed by atoms with E-state index in [4.69, 9.17) is 9.97 Å². The molecule has 0 radical (unpaired) electrons. The minimum atomic E-state index is 1.00. The van der Waals surface area contributed by atoms with Gasteiger partial charge in [-0.1, -0.05) is 97.1 Å². The number of rotatable bonds is 6. The summed E-state index contributed by atoms with van der Waals surface area (Å²) in [5.74, 6) is 0. The first-order valence-corrected chi connectivity index (χ1v) is 19.3. The van der Waals surface area contributed by atoms with E-state index in [1.54, 1.807) is 0 Å². The molecule has 5 heteroatoms. The fourth-order valence-electron chi connectivity index (χ4n) is 8.30. The molecule has 3 aromatic heterocycles. The van der Waals surface area contributed by atoms with E-state index in [0.717, 1.165) is 66.7 Å². The highest BCUT2D eigenvalue weighted by Gasteiger charge is 2.22. The van der Waals surface area contributed by atoms with Crippen molar-refractivity contribution in [2.75, 3.05) is 9.80 Å². The van der Waals surface area contributed by atoms with Crippen LogP contribution in [0, 0.1) is 0 Å². The van der Waals surface area contributed by atoms with E-state index in [0.29, 0.717) is 0 Å². The molecule has 0 saturated heterocycles. The lowest BCUT2D eigenvalue weighted by Gasteiger charge is -2.26. The Kier molecular flexibility index (Phi) is 7.32. The standard InChI is InChI=1S/C50H32N4S/c1-5-15-33(16-6-1)53(34-17-7-2-8-18-34)37-25-27-39-43(31-37)47-41(23-13-29-51-47)45-46-42-24-14-30-52-48(42)44-32-38(26-28-40(44)50(46)55-49(39)45)54(35-19-9-3-10-20-35)36-21-11-4-12-22-36/h1-32H. The third-order valence-corrected chi connectivity index (χ3v) is 11.9. The Balaban J connectivity index is 1.20. The Morgan fingerprint density at radius 2 is 0.673 bits per heavy atom. The summed E-state index contributed by atoms with van der Waals surface area (Å²) in [6.07, 6.45) is 3.84. The first-order valence-electron chi connectivity index (χ1n) is 18.5. The average Bonchev–Trinajstić information content (AvgIpc) is 3.67. The van der Waals surface area contributed by atoms with E-state index >= 15 is 0 Å². The second-order valence-corrected chi connectivity index (χ2v) is 14.8. The first kappa shape index (κ1) is 31.4. The summed E-state index contributed by atoms with van der Waals surface area (Å²) in [5, 5.41) is 9.47. The van der Waals surface area contributed by atoms with Crippen molar-refractivity contribution < 1.29 is 0 Å². The van der Waals surface area contributed by atoms with Crippen LogP contribution in [0.25, 0.3) is 63.5 Å². The molecule has 0 spiro atoms. The number of para-hydroxylation sites is 4. The minimum Gasteiger partial charge on any atom is -0.310 e. The smallest absolute Gasteiger partial charge is 0.0788 e. The van der Waals surface area contributed by atoms with Crippen LogP contribution < -0.4 is 9.80 Å². The molecule has 0 bridgehead atoms. The van der Waals surface area contributed by atoms with Crippen molar-refractivity contribution in [3.63, 3.8) is 0 Å². The van der Waals surface area contributed by atoms with E-state index < -0.39 is 0 Å². The van der Waals surface area contributed by atoms with E-state index in [2.05, 4.69) is 192 Å². The predicted octanol–water partition coefficient (Wildman–Crippen LogP) is 14.4. The maximum Gasteiger partial charge on any atom is 0.0788 e. The number of aromatic nitrogens is 2. The molecule has 0 aliphatic carbocycles. The Morgan fingerprint density at radius 1 is 0.309 bits per heavy atom. The molecule has 0 unspecified atom stereocenters. The van der Waals surface area contributed by atoms with Crippen LogP contribution in [0.3, 0.4) is 0 Å². The van der Waals surface area contributed by atoms with E-state index in [1.165, 1.54) is 30.9 Å². The van der Waals surface area contributed by atoms with Gasteiger partial charge in [-0.05, 0) is 84.9 Å². The van der Waals surface area contributed by atoms with Gasteiger partial charge in [-0.25, -0.2) is 0 Å².